The van der Waals surface area contributed by atoms with Gasteiger partial charge in [-0.1, -0.05) is 38.1 Å². The van der Waals surface area contributed by atoms with Gasteiger partial charge in [0.1, 0.15) is 0 Å². The largest absolute Gasteiger partial charge is 0.356 e. The average molecular weight is 394 g/mol. The maximum Gasteiger partial charge on any atom is 0.191 e. The maximum atomic E-state index is 12.3. The molecule has 1 aromatic carbocycles. The Labute approximate surface area is 160 Å². The first-order chi connectivity index (χ1) is 12.3. The first kappa shape index (κ1) is 20.5. The number of nitrogens with zero attached hydrogens (tertiary/aromatic N) is 1. The topological polar surface area (TPSA) is 70.6 Å². The van der Waals surface area contributed by atoms with Crippen LogP contribution >= 0.6 is 11.3 Å². The van der Waals surface area contributed by atoms with Gasteiger partial charge in [-0.3, -0.25) is 4.99 Å². The Kier molecular flexibility index (Phi) is 7.23. The number of nitrogens with one attached hydrogen (secondary N) is 2. The molecule has 0 unspecified atom stereocenters. The fraction of sp³-hybridized carbons (Fsp3) is 0.421. The lowest BCUT2D eigenvalue weighted by Gasteiger charge is -2.25. The molecular weight excluding hydrogens is 366 g/mol. The van der Waals surface area contributed by atoms with Crippen LogP contribution in [0.5, 0.6) is 0 Å². The van der Waals surface area contributed by atoms with Crippen LogP contribution < -0.4 is 10.6 Å². The van der Waals surface area contributed by atoms with Gasteiger partial charge in [-0.2, -0.15) is 0 Å². The second kappa shape index (κ2) is 9.19. The zero-order valence-corrected chi connectivity index (χ0v) is 17.2. The fourth-order valence-corrected chi connectivity index (χ4v) is 4.67. The Morgan fingerprint density at radius 2 is 1.85 bits per heavy atom. The van der Waals surface area contributed by atoms with Crippen LogP contribution in [-0.2, 0) is 15.3 Å². The third-order valence-electron chi connectivity index (χ3n) is 4.09. The molecule has 2 N–H and O–H groups in total. The van der Waals surface area contributed by atoms with Crippen molar-refractivity contribution in [3.8, 4) is 0 Å². The van der Waals surface area contributed by atoms with Crippen LogP contribution in [0.3, 0.4) is 0 Å². The van der Waals surface area contributed by atoms with Crippen LogP contribution in [0, 0.1) is 0 Å². The number of sulfone groups is 1. The van der Waals surface area contributed by atoms with E-state index in [0.29, 0.717) is 23.8 Å². The summed E-state index contributed by atoms with van der Waals surface area (Å²) in [6.07, 6.45) is 0.520. The van der Waals surface area contributed by atoms with E-state index in [0.717, 1.165) is 6.54 Å². The first-order valence-corrected chi connectivity index (χ1v) is 11.1. The zero-order valence-electron chi connectivity index (χ0n) is 15.5. The van der Waals surface area contributed by atoms with E-state index in [-0.39, 0.29) is 11.2 Å². The molecule has 142 valence electrons. The van der Waals surface area contributed by atoms with Crippen molar-refractivity contribution in [1.82, 2.24) is 10.6 Å². The Hall–Kier alpha value is -1.86. The summed E-state index contributed by atoms with van der Waals surface area (Å²) >= 11 is 1.74. The van der Waals surface area contributed by atoms with Gasteiger partial charge in [-0.15, -0.1) is 11.3 Å². The number of benzene rings is 1. The van der Waals surface area contributed by atoms with E-state index in [4.69, 9.17) is 0 Å². The Balaban J connectivity index is 1.77. The third-order valence-corrected chi connectivity index (χ3v) is 7.15. The van der Waals surface area contributed by atoms with Gasteiger partial charge in [0, 0.05) is 30.4 Å². The molecule has 0 radical (unpaired) electrons. The lowest BCUT2D eigenvalue weighted by molar-refractivity contribution is 0.518. The molecule has 0 fully saturated rings. The highest BCUT2D eigenvalue weighted by molar-refractivity contribution is 7.91. The van der Waals surface area contributed by atoms with Crippen LogP contribution in [-0.4, -0.2) is 40.3 Å². The predicted molar refractivity (Wildman–Crippen MR) is 110 cm³/mol. The van der Waals surface area contributed by atoms with Crippen molar-refractivity contribution in [1.29, 1.82) is 0 Å². The highest BCUT2D eigenvalue weighted by Crippen LogP contribution is 2.26. The highest BCUT2D eigenvalue weighted by Gasteiger charge is 2.22. The van der Waals surface area contributed by atoms with Gasteiger partial charge in [-0.25, -0.2) is 8.42 Å². The molecule has 5 nitrogen and oxygen atoms in total. The third kappa shape index (κ3) is 5.85. The van der Waals surface area contributed by atoms with E-state index in [1.54, 1.807) is 42.6 Å². The minimum atomic E-state index is -3.23. The number of thiophene rings is 1. The van der Waals surface area contributed by atoms with Crippen molar-refractivity contribution in [2.75, 3.05) is 25.9 Å². The molecule has 0 amide bonds. The van der Waals surface area contributed by atoms with Gasteiger partial charge >= 0.3 is 0 Å². The monoisotopic (exact) mass is 393 g/mol. The molecule has 2 rings (SSSR count). The van der Waals surface area contributed by atoms with E-state index in [1.807, 2.05) is 6.07 Å². The minimum absolute atomic E-state index is 0.00242. The molecule has 2 aromatic rings. The van der Waals surface area contributed by atoms with Crippen molar-refractivity contribution >= 4 is 27.1 Å². The van der Waals surface area contributed by atoms with Gasteiger partial charge in [-0.05, 0) is 30.0 Å². The second-order valence-corrected chi connectivity index (χ2v) is 9.76. The number of rotatable bonds is 8. The second-order valence-electron chi connectivity index (χ2n) is 6.70. The van der Waals surface area contributed by atoms with Crippen molar-refractivity contribution in [3.63, 3.8) is 0 Å². The Morgan fingerprint density at radius 1 is 1.12 bits per heavy atom. The van der Waals surface area contributed by atoms with E-state index in [2.05, 4.69) is 47.0 Å². The molecule has 0 aliphatic heterocycles. The number of hydrogen-bond donors (Lipinski definition) is 2. The van der Waals surface area contributed by atoms with Crippen molar-refractivity contribution in [3.05, 3.63) is 52.7 Å². The SMILES string of the molecule is CN=C(NCCCS(=O)(=O)c1ccccc1)NCC(C)(C)c1cccs1. The molecular formula is C19H27N3O2S2. The summed E-state index contributed by atoms with van der Waals surface area (Å²) in [4.78, 5) is 5.90. The standard InChI is InChI=1S/C19H27N3O2S2/c1-19(2,17-11-7-13-25-17)15-22-18(20-3)21-12-8-14-26(23,24)16-9-5-4-6-10-16/h4-7,9-11,13H,8,12,14-15H2,1-3H3,(H2,20,21,22). The Morgan fingerprint density at radius 3 is 2.46 bits per heavy atom. The van der Waals surface area contributed by atoms with E-state index in [9.17, 15) is 8.42 Å². The number of hydrogen-bond acceptors (Lipinski definition) is 4. The molecule has 0 saturated heterocycles. The average Bonchev–Trinajstić information content (AvgIpc) is 3.17. The predicted octanol–water partition coefficient (Wildman–Crippen LogP) is 3.05. The zero-order chi connectivity index (χ0) is 19.0. The molecule has 0 saturated carbocycles. The molecule has 0 bridgehead atoms. The molecule has 0 spiro atoms. The van der Waals surface area contributed by atoms with Crippen LogP contribution in [0.15, 0.2) is 57.7 Å². The van der Waals surface area contributed by atoms with Gasteiger partial charge in [0.15, 0.2) is 15.8 Å². The molecule has 0 aliphatic carbocycles. The summed E-state index contributed by atoms with van der Waals surface area (Å²) in [5.41, 5.74) is 0.00242. The number of aliphatic imine (C=N–C) groups is 1. The summed E-state index contributed by atoms with van der Waals surface area (Å²) in [6, 6.07) is 12.8. The summed E-state index contributed by atoms with van der Waals surface area (Å²) in [6.45, 7) is 5.66. The number of guanidine groups is 1. The first-order valence-electron chi connectivity index (χ1n) is 8.61. The summed E-state index contributed by atoms with van der Waals surface area (Å²) in [5.74, 6) is 0.800. The maximum absolute atomic E-state index is 12.3. The summed E-state index contributed by atoms with van der Waals surface area (Å²) < 4.78 is 24.5. The lowest BCUT2D eigenvalue weighted by atomic mass is 9.91. The Bertz CT molecular complexity index is 799. The quantitative estimate of drug-likeness (QED) is 0.411. The van der Waals surface area contributed by atoms with Gasteiger partial charge in [0.05, 0.1) is 10.6 Å². The van der Waals surface area contributed by atoms with Crippen LogP contribution in [0.4, 0.5) is 0 Å². The van der Waals surface area contributed by atoms with Crippen molar-refractivity contribution < 1.29 is 8.42 Å². The van der Waals surface area contributed by atoms with Gasteiger partial charge in [0.2, 0.25) is 0 Å². The minimum Gasteiger partial charge on any atom is -0.356 e. The van der Waals surface area contributed by atoms with Crippen LogP contribution in [0.1, 0.15) is 25.1 Å². The molecule has 7 heteroatoms. The van der Waals surface area contributed by atoms with E-state index < -0.39 is 9.84 Å². The fourth-order valence-electron chi connectivity index (χ4n) is 2.49. The molecule has 1 heterocycles. The van der Waals surface area contributed by atoms with Gasteiger partial charge in [0.25, 0.3) is 0 Å². The molecule has 0 aliphatic rings. The molecule has 26 heavy (non-hydrogen) atoms. The normalized spacial score (nSPS) is 12.8. The van der Waals surface area contributed by atoms with E-state index >= 15 is 0 Å². The summed E-state index contributed by atoms with van der Waals surface area (Å²) in [5, 5.41) is 8.59. The summed E-state index contributed by atoms with van der Waals surface area (Å²) in [7, 11) is -1.51. The van der Waals surface area contributed by atoms with Crippen LogP contribution in [0.2, 0.25) is 0 Å². The van der Waals surface area contributed by atoms with E-state index in [1.165, 1.54) is 4.88 Å². The lowest BCUT2D eigenvalue weighted by Crippen LogP contribution is -2.43. The smallest absolute Gasteiger partial charge is 0.191 e. The molecule has 1 aromatic heterocycles. The van der Waals surface area contributed by atoms with Crippen LogP contribution in [0.25, 0.3) is 0 Å². The van der Waals surface area contributed by atoms with Crippen molar-refractivity contribution in [2.24, 2.45) is 4.99 Å². The van der Waals surface area contributed by atoms with Gasteiger partial charge < -0.3 is 10.6 Å². The van der Waals surface area contributed by atoms with Crippen molar-refractivity contribution in [2.45, 2.75) is 30.6 Å². The highest BCUT2D eigenvalue weighted by atomic mass is 32.2. The molecule has 0 atom stereocenters.